The highest BCUT2D eigenvalue weighted by atomic mass is 16.5. The fourth-order valence-electron chi connectivity index (χ4n) is 2.31. The first-order chi connectivity index (χ1) is 10.8. The summed E-state index contributed by atoms with van der Waals surface area (Å²) in [5.41, 5.74) is 1.15. The average Bonchev–Trinajstić information content (AvgIpc) is 2.58. The van der Waals surface area contributed by atoms with Gasteiger partial charge in [0.15, 0.2) is 0 Å². The lowest BCUT2D eigenvalue weighted by atomic mass is 10.0. The Bertz CT molecular complexity index is 554. The Morgan fingerprint density at radius 1 is 1.05 bits per heavy atom. The van der Waals surface area contributed by atoms with Gasteiger partial charge in [-0.25, -0.2) is 0 Å². The summed E-state index contributed by atoms with van der Waals surface area (Å²) < 4.78 is 5.59. The molecular weight excluding hydrogens is 274 g/mol. The fraction of sp³-hybridized carbons (Fsp3) is 0.316. The fourth-order valence-corrected chi connectivity index (χ4v) is 2.31. The maximum absolute atomic E-state index is 12.0. The van der Waals surface area contributed by atoms with Gasteiger partial charge in [-0.1, -0.05) is 55.5 Å². The van der Waals surface area contributed by atoms with Gasteiger partial charge in [-0.15, -0.1) is 0 Å². The van der Waals surface area contributed by atoms with Crippen LogP contribution in [0.4, 0.5) is 0 Å². The van der Waals surface area contributed by atoms with Crippen molar-refractivity contribution in [1.82, 2.24) is 5.32 Å². The molecule has 116 valence electrons. The largest absolute Gasteiger partial charge is 0.494 e. The topological polar surface area (TPSA) is 38.3 Å². The van der Waals surface area contributed by atoms with E-state index in [2.05, 4.69) is 12.2 Å². The van der Waals surface area contributed by atoms with Crippen molar-refractivity contribution < 1.29 is 9.53 Å². The van der Waals surface area contributed by atoms with Crippen LogP contribution in [-0.4, -0.2) is 12.5 Å². The van der Waals surface area contributed by atoms with Gasteiger partial charge < -0.3 is 10.1 Å². The molecule has 0 aliphatic rings. The third kappa shape index (κ3) is 5.24. The molecule has 0 heterocycles. The second-order valence-electron chi connectivity index (χ2n) is 5.20. The zero-order valence-corrected chi connectivity index (χ0v) is 13.0. The van der Waals surface area contributed by atoms with Gasteiger partial charge in [0, 0.05) is 6.42 Å². The van der Waals surface area contributed by atoms with Gasteiger partial charge in [-0.3, -0.25) is 4.79 Å². The lowest BCUT2D eigenvalue weighted by Gasteiger charge is -2.17. The first-order valence-corrected chi connectivity index (χ1v) is 7.81. The molecule has 0 saturated heterocycles. The molecule has 2 rings (SSSR count). The highest BCUT2D eigenvalue weighted by Gasteiger charge is 2.11. The van der Waals surface area contributed by atoms with E-state index in [4.69, 9.17) is 4.74 Å². The number of benzene rings is 2. The number of hydrogen-bond donors (Lipinski definition) is 1. The van der Waals surface area contributed by atoms with Gasteiger partial charge in [0.05, 0.1) is 12.6 Å². The van der Waals surface area contributed by atoms with Gasteiger partial charge in [0.2, 0.25) is 5.91 Å². The Morgan fingerprint density at radius 3 is 2.32 bits per heavy atom. The molecule has 0 saturated carbocycles. The molecular formula is C19H23NO2. The lowest BCUT2D eigenvalue weighted by Crippen LogP contribution is -2.28. The van der Waals surface area contributed by atoms with Crippen molar-refractivity contribution in [2.75, 3.05) is 6.61 Å². The number of carbonyl (C=O) groups is 1. The normalized spacial score (nSPS) is 11.7. The van der Waals surface area contributed by atoms with Crippen LogP contribution in [0.5, 0.6) is 5.75 Å². The van der Waals surface area contributed by atoms with Crippen LogP contribution in [0.2, 0.25) is 0 Å². The van der Waals surface area contributed by atoms with Crippen molar-refractivity contribution in [3.05, 3.63) is 66.2 Å². The Labute approximate surface area is 132 Å². The van der Waals surface area contributed by atoms with Crippen molar-refractivity contribution in [1.29, 1.82) is 0 Å². The molecule has 0 aliphatic heterocycles. The zero-order valence-electron chi connectivity index (χ0n) is 13.0. The first-order valence-electron chi connectivity index (χ1n) is 7.81. The van der Waals surface area contributed by atoms with E-state index < -0.39 is 0 Å². The minimum absolute atomic E-state index is 0.0763. The summed E-state index contributed by atoms with van der Waals surface area (Å²) in [5, 5.41) is 3.09. The maximum Gasteiger partial charge on any atom is 0.220 e. The Hall–Kier alpha value is -2.29. The molecule has 2 aromatic rings. The van der Waals surface area contributed by atoms with Crippen LogP contribution in [0.25, 0.3) is 0 Å². The molecule has 0 unspecified atom stereocenters. The third-order valence-electron chi connectivity index (χ3n) is 3.51. The van der Waals surface area contributed by atoms with Crippen LogP contribution in [0.15, 0.2) is 60.7 Å². The number of para-hydroxylation sites is 1. The molecule has 1 atom stereocenters. The van der Waals surface area contributed by atoms with Crippen LogP contribution in [0, 0.1) is 0 Å². The molecule has 22 heavy (non-hydrogen) atoms. The Morgan fingerprint density at radius 2 is 1.68 bits per heavy atom. The molecule has 0 aromatic heterocycles. The van der Waals surface area contributed by atoms with E-state index in [0.717, 1.165) is 17.7 Å². The van der Waals surface area contributed by atoms with Gasteiger partial charge in [-0.05, 0) is 30.5 Å². The molecule has 0 radical (unpaired) electrons. The first kappa shape index (κ1) is 16.1. The number of ether oxygens (including phenoxy) is 1. The number of nitrogens with one attached hydrogen (secondary N) is 1. The summed E-state index contributed by atoms with van der Waals surface area (Å²) in [6.07, 6.45) is 2.08. The number of rotatable bonds is 8. The van der Waals surface area contributed by atoms with Gasteiger partial charge >= 0.3 is 0 Å². The second kappa shape index (κ2) is 8.88. The van der Waals surface area contributed by atoms with E-state index in [1.54, 1.807) is 0 Å². The van der Waals surface area contributed by atoms with E-state index in [1.807, 2.05) is 60.7 Å². The standard InChI is InChI=1S/C19H23NO2/c1-2-18(16-10-5-3-6-11-16)20-19(21)14-9-15-22-17-12-7-4-8-13-17/h3-8,10-13,18H,2,9,14-15H2,1H3,(H,20,21)/t18-/m0/s1. The van der Waals surface area contributed by atoms with Crippen LogP contribution in [0.3, 0.4) is 0 Å². The summed E-state index contributed by atoms with van der Waals surface area (Å²) in [5.74, 6) is 0.922. The highest BCUT2D eigenvalue weighted by Crippen LogP contribution is 2.16. The van der Waals surface area contributed by atoms with Crippen molar-refractivity contribution in [3.63, 3.8) is 0 Å². The molecule has 1 N–H and O–H groups in total. The molecule has 0 spiro atoms. The summed E-state index contributed by atoms with van der Waals surface area (Å²) in [4.78, 5) is 12.0. The van der Waals surface area contributed by atoms with E-state index >= 15 is 0 Å². The highest BCUT2D eigenvalue weighted by molar-refractivity contribution is 5.76. The molecule has 3 nitrogen and oxygen atoms in total. The molecule has 2 aromatic carbocycles. The molecule has 0 fully saturated rings. The predicted molar refractivity (Wildman–Crippen MR) is 88.8 cm³/mol. The van der Waals surface area contributed by atoms with Crippen molar-refractivity contribution in [2.45, 2.75) is 32.2 Å². The van der Waals surface area contributed by atoms with Gasteiger partial charge in [0.1, 0.15) is 5.75 Å². The van der Waals surface area contributed by atoms with E-state index in [1.165, 1.54) is 0 Å². The number of carbonyl (C=O) groups excluding carboxylic acids is 1. The summed E-state index contributed by atoms with van der Waals surface area (Å²) >= 11 is 0. The summed E-state index contributed by atoms with van der Waals surface area (Å²) in [7, 11) is 0. The third-order valence-corrected chi connectivity index (χ3v) is 3.51. The molecule has 3 heteroatoms. The zero-order chi connectivity index (χ0) is 15.6. The van der Waals surface area contributed by atoms with Crippen LogP contribution in [-0.2, 0) is 4.79 Å². The van der Waals surface area contributed by atoms with Crippen molar-refractivity contribution in [3.8, 4) is 5.75 Å². The minimum atomic E-state index is 0.0763. The molecule has 0 bridgehead atoms. The Kier molecular flexibility index (Phi) is 6.49. The molecule has 0 aliphatic carbocycles. The average molecular weight is 297 g/mol. The summed E-state index contributed by atoms with van der Waals surface area (Å²) in [6, 6.07) is 19.8. The summed E-state index contributed by atoms with van der Waals surface area (Å²) in [6.45, 7) is 2.63. The Balaban J connectivity index is 1.71. The van der Waals surface area contributed by atoms with Gasteiger partial charge in [-0.2, -0.15) is 0 Å². The van der Waals surface area contributed by atoms with Crippen LogP contribution >= 0.6 is 0 Å². The number of hydrogen-bond acceptors (Lipinski definition) is 2. The lowest BCUT2D eigenvalue weighted by molar-refractivity contribution is -0.122. The predicted octanol–water partition coefficient (Wildman–Crippen LogP) is 4.11. The smallest absolute Gasteiger partial charge is 0.220 e. The van der Waals surface area contributed by atoms with E-state index in [9.17, 15) is 4.79 Å². The van der Waals surface area contributed by atoms with Crippen molar-refractivity contribution in [2.24, 2.45) is 0 Å². The maximum atomic E-state index is 12.0. The quantitative estimate of drug-likeness (QED) is 0.745. The van der Waals surface area contributed by atoms with E-state index in [0.29, 0.717) is 19.4 Å². The van der Waals surface area contributed by atoms with E-state index in [-0.39, 0.29) is 11.9 Å². The SMILES string of the molecule is CC[C@H](NC(=O)CCCOc1ccccc1)c1ccccc1. The van der Waals surface area contributed by atoms with Crippen LogP contribution in [0.1, 0.15) is 37.8 Å². The van der Waals surface area contributed by atoms with Gasteiger partial charge in [0.25, 0.3) is 0 Å². The number of amides is 1. The molecule has 1 amide bonds. The second-order valence-corrected chi connectivity index (χ2v) is 5.20. The minimum Gasteiger partial charge on any atom is -0.494 e. The van der Waals surface area contributed by atoms with Crippen LogP contribution < -0.4 is 10.1 Å². The van der Waals surface area contributed by atoms with Crippen molar-refractivity contribution >= 4 is 5.91 Å². The monoisotopic (exact) mass is 297 g/mol.